The summed E-state index contributed by atoms with van der Waals surface area (Å²) in [6, 6.07) is 0. The second-order valence-corrected chi connectivity index (χ2v) is 27.7. The normalized spacial score (nSPS) is 15.0. The summed E-state index contributed by atoms with van der Waals surface area (Å²) in [7, 11) is -9.88. The molecule has 4 unspecified atom stereocenters. The molecule has 0 aliphatic rings. The van der Waals surface area contributed by atoms with E-state index in [4.69, 9.17) is 37.0 Å². The summed E-state index contributed by atoms with van der Waals surface area (Å²) in [5, 5.41) is 10.5. The van der Waals surface area contributed by atoms with E-state index in [2.05, 4.69) is 48.5 Å². The van der Waals surface area contributed by atoms with Gasteiger partial charge in [0.15, 0.2) is 12.2 Å². The molecule has 0 amide bonds. The van der Waals surface area contributed by atoms with Crippen molar-refractivity contribution in [2.24, 2.45) is 17.8 Å². The first kappa shape index (κ1) is 83.1. The SMILES string of the molecule is CCCCCCCC(=O)OC[C@H](COP(=O)(O)OC[C@H](O)COP(=O)(O)OC[C@@H](COC(=O)CCCCCCCCCCCCC(C)CC)OC(=O)CCCCCCCCCCCCCCCC(C)C)OC(=O)CCCCCCCCC(C)CC. The Morgan fingerprint density at radius 2 is 0.600 bits per heavy atom. The number of unbranched alkanes of at least 4 members (excludes halogenated alkanes) is 30. The fourth-order valence-corrected chi connectivity index (χ4v) is 11.3. The summed E-state index contributed by atoms with van der Waals surface area (Å²) in [6.45, 7) is 11.7. The van der Waals surface area contributed by atoms with E-state index in [1.165, 1.54) is 128 Å². The molecule has 0 aromatic rings. The van der Waals surface area contributed by atoms with Crippen molar-refractivity contribution in [3.05, 3.63) is 0 Å². The van der Waals surface area contributed by atoms with Crippen LogP contribution in [0.4, 0.5) is 0 Å². The number of phosphoric acid groups is 2. The number of aliphatic hydroxyl groups excluding tert-OH is 1. The lowest BCUT2D eigenvalue weighted by atomic mass is 9.99. The van der Waals surface area contributed by atoms with Gasteiger partial charge in [-0.05, 0) is 43.4 Å². The van der Waals surface area contributed by atoms with Crippen LogP contribution >= 0.6 is 15.6 Å². The molecule has 0 aliphatic heterocycles. The van der Waals surface area contributed by atoms with Gasteiger partial charge < -0.3 is 33.8 Å². The van der Waals surface area contributed by atoms with Gasteiger partial charge in [-0.1, -0.05) is 273 Å². The molecular formula is C66H128O17P2. The second kappa shape index (κ2) is 57.2. The van der Waals surface area contributed by atoms with Crippen LogP contribution in [0.3, 0.4) is 0 Å². The molecule has 0 aliphatic carbocycles. The van der Waals surface area contributed by atoms with E-state index in [-0.39, 0.29) is 25.7 Å². The number of aliphatic hydroxyl groups is 1. The first-order valence-corrected chi connectivity index (χ1v) is 37.4. The summed E-state index contributed by atoms with van der Waals surface area (Å²) in [5.74, 6) is 0.172. The van der Waals surface area contributed by atoms with Gasteiger partial charge in [0.25, 0.3) is 0 Å². The molecule has 3 N–H and O–H groups in total. The summed E-state index contributed by atoms with van der Waals surface area (Å²) in [4.78, 5) is 72.1. The van der Waals surface area contributed by atoms with E-state index in [1.54, 1.807) is 0 Å². The molecule has 0 spiro atoms. The monoisotopic (exact) mass is 1250 g/mol. The zero-order chi connectivity index (χ0) is 63.1. The molecule has 0 bridgehead atoms. The Hall–Kier alpha value is -1.94. The van der Waals surface area contributed by atoms with Crippen molar-refractivity contribution in [1.82, 2.24) is 0 Å². The van der Waals surface area contributed by atoms with Crippen molar-refractivity contribution >= 4 is 39.5 Å². The number of carbonyl (C=O) groups excluding carboxylic acids is 4. The van der Waals surface area contributed by atoms with Crippen molar-refractivity contribution < 1.29 is 80.2 Å². The highest BCUT2D eigenvalue weighted by Crippen LogP contribution is 2.45. The largest absolute Gasteiger partial charge is 0.472 e. The zero-order valence-corrected chi connectivity index (χ0v) is 56.9. The third kappa shape index (κ3) is 58.2. The highest BCUT2D eigenvalue weighted by molar-refractivity contribution is 7.47. The minimum atomic E-state index is -4.95. The van der Waals surface area contributed by atoms with Gasteiger partial charge in [0.2, 0.25) is 0 Å². The minimum absolute atomic E-state index is 0.102. The highest BCUT2D eigenvalue weighted by atomic mass is 31.2. The van der Waals surface area contributed by atoms with E-state index >= 15 is 0 Å². The van der Waals surface area contributed by atoms with Crippen LogP contribution in [0.2, 0.25) is 0 Å². The van der Waals surface area contributed by atoms with E-state index < -0.39 is 97.5 Å². The van der Waals surface area contributed by atoms with E-state index in [9.17, 15) is 43.2 Å². The number of phosphoric ester groups is 2. The Kier molecular flexibility index (Phi) is 55.9. The van der Waals surface area contributed by atoms with Crippen molar-refractivity contribution in [2.45, 2.75) is 343 Å². The first-order chi connectivity index (χ1) is 40.8. The lowest BCUT2D eigenvalue weighted by Gasteiger charge is -2.21. The summed E-state index contributed by atoms with van der Waals surface area (Å²) < 4.78 is 67.9. The molecule has 0 saturated heterocycles. The Morgan fingerprint density at radius 1 is 0.341 bits per heavy atom. The van der Waals surface area contributed by atoms with Crippen LogP contribution in [0.15, 0.2) is 0 Å². The number of hydrogen-bond acceptors (Lipinski definition) is 15. The van der Waals surface area contributed by atoms with Gasteiger partial charge in [0.1, 0.15) is 19.3 Å². The number of carbonyl (C=O) groups is 4. The number of esters is 4. The molecule has 0 fully saturated rings. The fourth-order valence-electron chi connectivity index (χ4n) is 9.77. The Bertz CT molecular complexity index is 1690. The predicted octanol–water partition coefficient (Wildman–Crippen LogP) is 18.3. The standard InChI is InChI=1S/C66H128O17P2/c1-8-11-12-30-40-47-63(68)76-53-61(83-66(71)50-43-36-29-28-33-39-46-59(7)10-3)55-80-84(72,73)78-51-60(67)52-79-85(74,75)81-56-62(54-77-64(69)48-41-34-26-22-19-18-21-25-32-38-45-58(6)9-2)82-65(70)49-42-35-27-23-17-15-13-14-16-20-24-31-37-44-57(4)5/h57-62,67H,8-56H2,1-7H3,(H,72,73)(H,74,75)/t58?,59?,60-,61+,62+/m0/s1. The number of hydrogen-bond donors (Lipinski definition) is 3. The predicted molar refractivity (Wildman–Crippen MR) is 340 cm³/mol. The lowest BCUT2D eigenvalue weighted by molar-refractivity contribution is -0.161. The summed E-state index contributed by atoms with van der Waals surface area (Å²) in [5.41, 5.74) is 0. The van der Waals surface area contributed by atoms with Crippen LogP contribution in [-0.2, 0) is 65.4 Å². The van der Waals surface area contributed by atoms with Gasteiger partial charge >= 0.3 is 39.5 Å². The average Bonchev–Trinajstić information content (AvgIpc) is 3.62. The molecule has 504 valence electrons. The van der Waals surface area contributed by atoms with Crippen molar-refractivity contribution in [3.8, 4) is 0 Å². The van der Waals surface area contributed by atoms with Gasteiger partial charge in [-0.2, -0.15) is 0 Å². The average molecular weight is 1260 g/mol. The van der Waals surface area contributed by atoms with Crippen molar-refractivity contribution in [2.75, 3.05) is 39.6 Å². The Labute approximate surface area is 517 Å². The number of rotatable bonds is 64. The maximum absolute atomic E-state index is 13.0. The Morgan fingerprint density at radius 3 is 0.894 bits per heavy atom. The molecule has 19 heteroatoms. The highest BCUT2D eigenvalue weighted by Gasteiger charge is 2.30. The van der Waals surface area contributed by atoms with Gasteiger partial charge in [-0.25, -0.2) is 9.13 Å². The van der Waals surface area contributed by atoms with E-state index in [1.807, 2.05) is 0 Å². The molecule has 0 radical (unpaired) electrons. The van der Waals surface area contributed by atoms with Crippen LogP contribution in [-0.4, -0.2) is 96.7 Å². The maximum atomic E-state index is 13.0. The third-order valence-corrected chi connectivity index (χ3v) is 17.8. The molecule has 17 nitrogen and oxygen atoms in total. The van der Waals surface area contributed by atoms with Crippen LogP contribution < -0.4 is 0 Å². The molecule has 0 aromatic heterocycles. The smallest absolute Gasteiger partial charge is 0.462 e. The second-order valence-electron chi connectivity index (χ2n) is 24.8. The number of ether oxygens (including phenoxy) is 4. The van der Waals surface area contributed by atoms with Crippen LogP contribution in [0.25, 0.3) is 0 Å². The van der Waals surface area contributed by atoms with E-state index in [0.29, 0.717) is 25.7 Å². The Balaban J connectivity index is 5.19. The van der Waals surface area contributed by atoms with Crippen LogP contribution in [0.1, 0.15) is 325 Å². The van der Waals surface area contributed by atoms with Crippen LogP contribution in [0.5, 0.6) is 0 Å². The fraction of sp³-hybridized carbons (Fsp3) is 0.939. The van der Waals surface area contributed by atoms with Gasteiger partial charge in [0, 0.05) is 25.7 Å². The first-order valence-electron chi connectivity index (χ1n) is 34.4. The van der Waals surface area contributed by atoms with E-state index in [0.717, 1.165) is 114 Å². The molecule has 0 saturated carbocycles. The molecule has 7 atom stereocenters. The van der Waals surface area contributed by atoms with Gasteiger partial charge in [-0.3, -0.25) is 37.3 Å². The molecule has 0 aromatic carbocycles. The quantitative estimate of drug-likeness (QED) is 0.0222. The maximum Gasteiger partial charge on any atom is 0.472 e. The molecule has 0 rings (SSSR count). The molecule has 0 heterocycles. The van der Waals surface area contributed by atoms with Crippen molar-refractivity contribution in [1.29, 1.82) is 0 Å². The van der Waals surface area contributed by atoms with Gasteiger partial charge in [-0.15, -0.1) is 0 Å². The van der Waals surface area contributed by atoms with Crippen molar-refractivity contribution in [3.63, 3.8) is 0 Å². The topological polar surface area (TPSA) is 237 Å². The molecular weight excluding hydrogens is 1130 g/mol. The third-order valence-electron chi connectivity index (χ3n) is 15.9. The van der Waals surface area contributed by atoms with Crippen LogP contribution in [0, 0.1) is 17.8 Å². The summed E-state index contributed by atoms with van der Waals surface area (Å²) >= 11 is 0. The molecule has 85 heavy (non-hydrogen) atoms. The zero-order valence-electron chi connectivity index (χ0n) is 55.1. The van der Waals surface area contributed by atoms with Gasteiger partial charge in [0.05, 0.1) is 26.4 Å². The lowest BCUT2D eigenvalue weighted by Crippen LogP contribution is -2.30. The summed E-state index contributed by atoms with van der Waals surface area (Å²) in [6.07, 6.45) is 39.3. The minimum Gasteiger partial charge on any atom is -0.462 e.